The molecule has 0 radical (unpaired) electrons. The molecular formula is C54H32S2. The van der Waals surface area contributed by atoms with Crippen LogP contribution in [-0.4, -0.2) is 0 Å². The lowest BCUT2D eigenvalue weighted by molar-refractivity contribution is 1.63. The minimum atomic E-state index is 1.22. The molecule has 260 valence electrons. The highest BCUT2D eigenvalue weighted by Gasteiger charge is 2.21. The number of thiophene rings is 2. The topological polar surface area (TPSA) is 0 Å². The van der Waals surface area contributed by atoms with Crippen molar-refractivity contribution in [1.29, 1.82) is 0 Å². The molecule has 0 saturated carbocycles. The Labute approximate surface area is 332 Å². The van der Waals surface area contributed by atoms with E-state index in [1.165, 1.54) is 117 Å². The van der Waals surface area contributed by atoms with Crippen LogP contribution < -0.4 is 0 Å². The van der Waals surface area contributed by atoms with Crippen molar-refractivity contribution in [2.75, 3.05) is 0 Å². The summed E-state index contributed by atoms with van der Waals surface area (Å²) in [6, 6.07) is 72.3. The van der Waals surface area contributed by atoms with Crippen LogP contribution in [0.15, 0.2) is 194 Å². The Morgan fingerprint density at radius 3 is 1.30 bits per heavy atom. The molecule has 2 aromatic heterocycles. The second-order valence-electron chi connectivity index (χ2n) is 14.7. The largest absolute Gasteiger partial charge is 0.135 e. The summed E-state index contributed by atoms with van der Waals surface area (Å²) < 4.78 is 5.32. The molecule has 12 rings (SSSR count). The van der Waals surface area contributed by atoms with E-state index in [1.807, 2.05) is 22.7 Å². The van der Waals surface area contributed by atoms with Crippen molar-refractivity contribution in [3.63, 3.8) is 0 Å². The maximum absolute atomic E-state index is 2.50. The van der Waals surface area contributed by atoms with Gasteiger partial charge in [-0.1, -0.05) is 164 Å². The second kappa shape index (κ2) is 12.5. The standard InChI is InChI=1S/C54H32S2/c1-2-14-33(15-3-1)35-30-34-16-4-5-17-36(34)49(31-35)52-41-22-10-20-37(43-24-12-26-45-39-18-6-8-28-50(39)55-53(43)45)47(41)32-48-38(21-11-23-42(48)52)44-25-13-27-46-40-19-7-9-29-51(40)56-54(44)46/h1-32H. The normalized spacial score (nSPS) is 11.9. The van der Waals surface area contributed by atoms with E-state index >= 15 is 0 Å². The van der Waals surface area contributed by atoms with Crippen LogP contribution in [0.4, 0.5) is 0 Å². The van der Waals surface area contributed by atoms with Gasteiger partial charge in [-0.15, -0.1) is 22.7 Å². The van der Waals surface area contributed by atoms with Crippen molar-refractivity contribution in [3.8, 4) is 44.5 Å². The number of fused-ring (bicyclic) bond motifs is 9. The van der Waals surface area contributed by atoms with Gasteiger partial charge in [0.2, 0.25) is 0 Å². The van der Waals surface area contributed by atoms with E-state index in [-0.39, 0.29) is 0 Å². The fourth-order valence-electron chi connectivity index (χ4n) is 9.16. The zero-order chi connectivity index (χ0) is 36.7. The van der Waals surface area contributed by atoms with Crippen molar-refractivity contribution in [3.05, 3.63) is 194 Å². The Morgan fingerprint density at radius 1 is 0.250 bits per heavy atom. The maximum atomic E-state index is 2.50. The summed E-state index contributed by atoms with van der Waals surface area (Å²) in [5.74, 6) is 0. The van der Waals surface area contributed by atoms with Crippen molar-refractivity contribution < 1.29 is 0 Å². The summed E-state index contributed by atoms with van der Waals surface area (Å²) in [7, 11) is 0. The quantitative estimate of drug-likeness (QED) is 0.157. The van der Waals surface area contributed by atoms with Crippen LogP contribution in [0.1, 0.15) is 0 Å². The Hall–Kier alpha value is -6.58. The maximum Gasteiger partial charge on any atom is 0.0434 e. The summed E-state index contributed by atoms with van der Waals surface area (Å²) in [6.07, 6.45) is 0. The van der Waals surface area contributed by atoms with Crippen molar-refractivity contribution in [2.45, 2.75) is 0 Å². The van der Waals surface area contributed by atoms with Crippen LogP contribution in [-0.2, 0) is 0 Å². The van der Waals surface area contributed by atoms with Crippen LogP contribution in [0, 0.1) is 0 Å². The summed E-state index contributed by atoms with van der Waals surface area (Å²) >= 11 is 3.80. The van der Waals surface area contributed by atoms with Gasteiger partial charge in [0.1, 0.15) is 0 Å². The third kappa shape index (κ3) is 4.77. The first kappa shape index (κ1) is 31.7. The average Bonchev–Trinajstić information content (AvgIpc) is 3.84. The number of hydrogen-bond acceptors (Lipinski definition) is 2. The van der Waals surface area contributed by atoms with Gasteiger partial charge in [0.25, 0.3) is 0 Å². The van der Waals surface area contributed by atoms with Gasteiger partial charge in [-0.25, -0.2) is 0 Å². The minimum Gasteiger partial charge on any atom is -0.135 e. The molecule has 0 aliphatic carbocycles. The fourth-order valence-corrected chi connectivity index (χ4v) is 11.6. The highest BCUT2D eigenvalue weighted by atomic mass is 32.1. The van der Waals surface area contributed by atoms with Crippen molar-refractivity contribution in [1.82, 2.24) is 0 Å². The predicted octanol–water partition coefficient (Wildman–Crippen LogP) is 16.5. The van der Waals surface area contributed by atoms with Gasteiger partial charge < -0.3 is 0 Å². The molecule has 0 fully saturated rings. The van der Waals surface area contributed by atoms with Crippen LogP contribution in [0.5, 0.6) is 0 Å². The van der Waals surface area contributed by atoms with E-state index in [1.54, 1.807) is 0 Å². The molecule has 0 unspecified atom stereocenters. The molecule has 10 aromatic carbocycles. The molecule has 0 bridgehead atoms. The summed E-state index contributed by atoms with van der Waals surface area (Å²) in [5.41, 5.74) is 10.1. The Morgan fingerprint density at radius 2 is 0.714 bits per heavy atom. The van der Waals surface area contributed by atoms with Crippen molar-refractivity contribution in [2.24, 2.45) is 0 Å². The molecule has 56 heavy (non-hydrogen) atoms. The molecule has 0 N–H and O–H groups in total. The number of benzene rings is 10. The zero-order valence-electron chi connectivity index (χ0n) is 30.3. The molecule has 0 amide bonds. The highest BCUT2D eigenvalue weighted by molar-refractivity contribution is 7.26. The lowest BCUT2D eigenvalue weighted by Crippen LogP contribution is -1.92. The van der Waals surface area contributed by atoms with Gasteiger partial charge in [-0.3, -0.25) is 0 Å². The molecular weight excluding hydrogens is 713 g/mol. The second-order valence-corrected chi connectivity index (χ2v) is 16.8. The molecule has 0 saturated heterocycles. The smallest absolute Gasteiger partial charge is 0.0434 e. The summed E-state index contributed by atoms with van der Waals surface area (Å²) in [6.45, 7) is 0. The minimum absolute atomic E-state index is 1.22. The van der Waals surface area contributed by atoms with Gasteiger partial charge in [-0.2, -0.15) is 0 Å². The molecule has 0 atom stereocenters. The SMILES string of the molecule is c1ccc(-c2cc(-c3c4cccc(-c5cccc6c5sc5ccccc56)c4cc4c(-c5cccc6c5sc5ccccc56)cccc34)c3ccccc3c2)cc1. The first-order valence-electron chi connectivity index (χ1n) is 19.2. The van der Waals surface area contributed by atoms with Gasteiger partial charge in [-0.05, 0) is 96.0 Å². The third-order valence-electron chi connectivity index (χ3n) is 11.7. The first-order valence-corrected chi connectivity index (χ1v) is 20.8. The Kier molecular flexibility index (Phi) is 7.07. The molecule has 0 aliphatic rings. The fraction of sp³-hybridized carbons (Fsp3) is 0. The highest BCUT2D eigenvalue weighted by Crippen LogP contribution is 2.49. The number of hydrogen-bond donors (Lipinski definition) is 0. The Balaban J connectivity index is 1.24. The van der Waals surface area contributed by atoms with E-state index in [0.717, 1.165) is 0 Å². The molecule has 0 nitrogen and oxygen atoms in total. The molecule has 0 aliphatic heterocycles. The monoisotopic (exact) mass is 744 g/mol. The van der Waals surface area contributed by atoms with Gasteiger partial charge >= 0.3 is 0 Å². The zero-order valence-corrected chi connectivity index (χ0v) is 31.9. The van der Waals surface area contributed by atoms with Crippen molar-refractivity contribution >= 4 is 95.3 Å². The van der Waals surface area contributed by atoms with Crippen LogP contribution in [0.2, 0.25) is 0 Å². The molecule has 2 heteroatoms. The summed E-state index contributed by atoms with van der Waals surface area (Å²) in [5, 5.41) is 12.9. The van der Waals surface area contributed by atoms with E-state index in [2.05, 4.69) is 194 Å². The van der Waals surface area contributed by atoms with Crippen LogP contribution in [0.3, 0.4) is 0 Å². The van der Waals surface area contributed by atoms with Gasteiger partial charge in [0.05, 0.1) is 0 Å². The average molecular weight is 745 g/mol. The van der Waals surface area contributed by atoms with E-state index in [9.17, 15) is 0 Å². The van der Waals surface area contributed by atoms with Crippen LogP contribution in [0.25, 0.3) is 117 Å². The summed E-state index contributed by atoms with van der Waals surface area (Å²) in [4.78, 5) is 0. The lowest BCUT2D eigenvalue weighted by atomic mass is 9.84. The lowest BCUT2D eigenvalue weighted by Gasteiger charge is -2.20. The molecule has 0 spiro atoms. The Bertz CT molecular complexity index is 3360. The molecule has 12 aromatic rings. The van der Waals surface area contributed by atoms with E-state index < -0.39 is 0 Å². The van der Waals surface area contributed by atoms with Gasteiger partial charge in [0.15, 0.2) is 0 Å². The predicted molar refractivity (Wildman–Crippen MR) is 246 cm³/mol. The van der Waals surface area contributed by atoms with E-state index in [4.69, 9.17) is 0 Å². The third-order valence-corrected chi connectivity index (χ3v) is 14.1. The molecule has 2 heterocycles. The number of rotatable bonds is 4. The van der Waals surface area contributed by atoms with Gasteiger partial charge in [0, 0.05) is 51.5 Å². The first-order chi connectivity index (χ1) is 27.8. The van der Waals surface area contributed by atoms with Crippen LogP contribution >= 0.6 is 22.7 Å². The van der Waals surface area contributed by atoms with E-state index in [0.29, 0.717) is 0 Å².